The molecule has 1 saturated carbocycles. The number of methoxy groups -OCH3 is 1. The first kappa shape index (κ1) is 21.8. The summed E-state index contributed by atoms with van der Waals surface area (Å²) >= 11 is 0. The van der Waals surface area contributed by atoms with E-state index in [0.29, 0.717) is 12.5 Å². The molecule has 2 aromatic heterocycles. The van der Waals surface area contributed by atoms with E-state index in [2.05, 4.69) is 28.2 Å². The maximum atomic E-state index is 12.3. The number of nitrogens with one attached hydrogen (secondary N) is 1. The van der Waals surface area contributed by atoms with E-state index in [4.69, 9.17) is 19.2 Å². The Hall–Kier alpha value is -2.41. The van der Waals surface area contributed by atoms with Crippen LogP contribution in [0.4, 0.5) is 4.79 Å². The van der Waals surface area contributed by atoms with E-state index in [1.54, 1.807) is 7.11 Å². The van der Waals surface area contributed by atoms with Gasteiger partial charge >= 0.3 is 6.09 Å². The van der Waals surface area contributed by atoms with Crippen molar-refractivity contribution in [1.82, 2.24) is 10.3 Å². The summed E-state index contributed by atoms with van der Waals surface area (Å²) in [4.78, 5) is 17.0. The number of carbonyl (C=O) groups excluding carboxylic acids is 1. The van der Waals surface area contributed by atoms with Crippen LogP contribution in [0.25, 0.3) is 11.0 Å². The van der Waals surface area contributed by atoms with Crippen molar-refractivity contribution >= 4 is 17.1 Å². The van der Waals surface area contributed by atoms with E-state index in [1.807, 2.05) is 33.9 Å². The number of carbonyl (C=O) groups is 1. The van der Waals surface area contributed by atoms with E-state index in [9.17, 15) is 4.79 Å². The molecular weight excluding hydrogens is 394 g/mol. The topological polar surface area (TPSA) is 73.6 Å². The summed E-state index contributed by atoms with van der Waals surface area (Å²) in [6.45, 7) is 6.19. The molecule has 0 spiro atoms. The number of alkyl carbamates (subject to hydrolysis) is 1. The summed E-state index contributed by atoms with van der Waals surface area (Å²) in [7, 11) is 3.67. The van der Waals surface area contributed by atoms with Gasteiger partial charge in [0.2, 0.25) is 11.4 Å². The minimum atomic E-state index is -0.500. The second kappa shape index (κ2) is 7.93. The molecule has 0 aromatic carbocycles. The SMILES string of the molecule is COc1ccc2c(n1)c(CCC13CCC(NC(=O)OC(C)(C)C)(CC1)CO3)cc[n+]2C. The molecule has 1 amide bonds. The molecule has 7 heteroatoms. The molecule has 3 fully saturated rings. The zero-order valence-corrected chi connectivity index (χ0v) is 19.3. The number of aryl methyl sites for hydroxylation is 2. The van der Waals surface area contributed by atoms with Gasteiger partial charge in [-0.15, -0.1) is 0 Å². The fraction of sp³-hybridized carbons (Fsp3) is 0.625. The van der Waals surface area contributed by atoms with Gasteiger partial charge in [-0.1, -0.05) is 0 Å². The van der Waals surface area contributed by atoms with Crippen molar-refractivity contribution in [3.63, 3.8) is 0 Å². The van der Waals surface area contributed by atoms with Gasteiger partial charge in [-0.05, 0) is 64.9 Å². The highest BCUT2D eigenvalue weighted by Crippen LogP contribution is 2.46. The second-order valence-electron chi connectivity index (χ2n) is 10.1. The monoisotopic (exact) mass is 428 g/mol. The molecular formula is C24H34N3O4+. The number of hydrogen-bond donors (Lipinski definition) is 1. The number of fused-ring (bicyclic) bond motifs is 4. The van der Waals surface area contributed by atoms with E-state index >= 15 is 0 Å². The Kier molecular flexibility index (Phi) is 5.58. The van der Waals surface area contributed by atoms with Gasteiger partial charge in [0.1, 0.15) is 18.2 Å². The van der Waals surface area contributed by atoms with Gasteiger partial charge in [-0.25, -0.2) is 9.78 Å². The summed E-state index contributed by atoms with van der Waals surface area (Å²) in [6, 6.07) is 6.09. The Morgan fingerprint density at radius 2 is 1.97 bits per heavy atom. The van der Waals surface area contributed by atoms with Crippen LogP contribution in [0, 0.1) is 0 Å². The van der Waals surface area contributed by atoms with Crippen molar-refractivity contribution in [3.05, 3.63) is 30.0 Å². The third-order valence-electron chi connectivity index (χ3n) is 6.63. The molecule has 0 atom stereocenters. The number of ether oxygens (including phenoxy) is 3. The fourth-order valence-electron chi connectivity index (χ4n) is 4.76. The zero-order valence-electron chi connectivity index (χ0n) is 19.3. The van der Waals surface area contributed by atoms with E-state index in [0.717, 1.165) is 49.6 Å². The van der Waals surface area contributed by atoms with Gasteiger partial charge in [0.25, 0.3) is 0 Å². The first-order chi connectivity index (χ1) is 14.6. The minimum Gasteiger partial charge on any atom is -0.481 e. The maximum Gasteiger partial charge on any atom is 0.408 e. The minimum absolute atomic E-state index is 0.124. The average Bonchev–Trinajstić information content (AvgIpc) is 2.73. The van der Waals surface area contributed by atoms with Crippen molar-refractivity contribution in [2.45, 2.75) is 76.0 Å². The van der Waals surface area contributed by atoms with Crippen molar-refractivity contribution in [2.24, 2.45) is 7.05 Å². The molecule has 0 unspecified atom stereocenters. The third kappa shape index (κ3) is 4.61. The van der Waals surface area contributed by atoms with Crippen LogP contribution in [0.2, 0.25) is 0 Å². The highest BCUT2D eigenvalue weighted by Gasteiger charge is 2.50. The van der Waals surface area contributed by atoms with E-state index in [1.165, 1.54) is 5.56 Å². The summed E-state index contributed by atoms with van der Waals surface area (Å²) in [5.41, 5.74) is 2.35. The predicted octanol–water partition coefficient (Wildman–Crippen LogP) is 3.61. The van der Waals surface area contributed by atoms with E-state index < -0.39 is 5.60 Å². The number of nitrogens with zero attached hydrogens (tertiary/aromatic N) is 2. The van der Waals surface area contributed by atoms with Crippen LogP contribution < -0.4 is 14.6 Å². The molecule has 5 rings (SSSR count). The Bertz CT molecular complexity index is 958. The smallest absolute Gasteiger partial charge is 0.408 e. The van der Waals surface area contributed by atoms with Crippen molar-refractivity contribution in [3.8, 4) is 5.88 Å². The number of aromatic nitrogens is 2. The Labute approximate surface area is 184 Å². The maximum absolute atomic E-state index is 12.3. The summed E-state index contributed by atoms with van der Waals surface area (Å²) in [5.74, 6) is 0.627. The van der Waals surface area contributed by atoms with Gasteiger partial charge in [-0.3, -0.25) is 0 Å². The molecule has 168 valence electrons. The van der Waals surface area contributed by atoms with Crippen LogP contribution in [0.1, 0.15) is 58.4 Å². The number of amides is 1. The first-order valence-electron chi connectivity index (χ1n) is 11.1. The average molecular weight is 429 g/mol. The number of rotatable bonds is 5. The summed E-state index contributed by atoms with van der Waals surface area (Å²) in [6.07, 6.45) is 7.29. The van der Waals surface area contributed by atoms with Crippen molar-refractivity contribution in [1.29, 1.82) is 0 Å². The third-order valence-corrected chi connectivity index (χ3v) is 6.63. The lowest BCUT2D eigenvalue weighted by molar-refractivity contribution is -0.645. The molecule has 3 aliphatic rings. The van der Waals surface area contributed by atoms with Gasteiger partial charge in [0, 0.05) is 18.2 Å². The fourth-order valence-corrected chi connectivity index (χ4v) is 4.76. The molecule has 7 nitrogen and oxygen atoms in total. The van der Waals surface area contributed by atoms with Gasteiger partial charge in [-0.2, -0.15) is 4.57 Å². The standard InChI is InChI=1S/C24H33N3O4/c1-22(2,3)31-21(28)26-23-11-13-24(14-12-23,30-16-23)10-8-17-9-15-27(4)18-6-7-19(29-5)25-20(17)18/h6-7,9,15H,8,10-14,16H2,1-5H3/p+1. The molecule has 31 heavy (non-hydrogen) atoms. The predicted molar refractivity (Wildman–Crippen MR) is 117 cm³/mol. The molecule has 0 radical (unpaired) electrons. The van der Waals surface area contributed by atoms with Gasteiger partial charge in [0.15, 0.2) is 6.20 Å². The molecule has 4 heterocycles. The van der Waals surface area contributed by atoms with Crippen molar-refractivity contribution < 1.29 is 23.6 Å². The van der Waals surface area contributed by atoms with Crippen LogP contribution in [0.15, 0.2) is 24.4 Å². The van der Waals surface area contributed by atoms with Gasteiger partial charge in [0.05, 0.1) is 24.9 Å². The Balaban J connectivity index is 1.43. The van der Waals surface area contributed by atoms with Crippen LogP contribution >= 0.6 is 0 Å². The van der Waals surface area contributed by atoms with Crippen LogP contribution in [-0.2, 0) is 22.9 Å². The van der Waals surface area contributed by atoms with Gasteiger partial charge < -0.3 is 19.5 Å². The lowest BCUT2D eigenvalue weighted by Gasteiger charge is -2.53. The molecule has 2 bridgehead atoms. The zero-order chi connectivity index (χ0) is 22.3. The van der Waals surface area contributed by atoms with Crippen LogP contribution in [0.5, 0.6) is 5.88 Å². The Morgan fingerprint density at radius 1 is 1.23 bits per heavy atom. The Morgan fingerprint density at radius 3 is 2.58 bits per heavy atom. The highest BCUT2D eigenvalue weighted by atomic mass is 16.6. The number of hydrogen-bond acceptors (Lipinski definition) is 5. The quantitative estimate of drug-likeness (QED) is 0.737. The van der Waals surface area contributed by atoms with Crippen LogP contribution in [0.3, 0.4) is 0 Å². The van der Waals surface area contributed by atoms with Crippen molar-refractivity contribution in [2.75, 3.05) is 13.7 Å². The largest absolute Gasteiger partial charge is 0.481 e. The molecule has 2 saturated heterocycles. The second-order valence-corrected chi connectivity index (χ2v) is 10.1. The first-order valence-corrected chi connectivity index (χ1v) is 11.1. The molecule has 1 N–H and O–H groups in total. The summed E-state index contributed by atoms with van der Waals surface area (Å²) in [5, 5.41) is 3.10. The number of pyridine rings is 2. The van der Waals surface area contributed by atoms with E-state index in [-0.39, 0.29) is 17.2 Å². The highest BCUT2D eigenvalue weighted by molar-refractivity contribution is 5.75. The normalized spacial score (nSPS) is 25.5. The van der Waals surface area contributed by atoms with Crippen LogP contribution in [-0.4, -0.2) is 41.5 Å². The molecule has 2 aromatic rings. The lowest BCUT2D eigenvalue weighted by Crippen LogP contribution is -2.63. The molecule has 2 aliphatic heterocycles. The lowest BCUT2D eigenvalue weighted by atomic mass is 9.69. The summed E-state index contributed by atoms with van der Waals surface area (Å²) < 4.78 is 19.3. The molecule has 1 aliphatic carbocycles.